The summed E-state index contributed by atoms with van der Waals surface area (Å²) in [5.41, 5.74) is 1.47. The van der Waals surface area contributed by atoms with E-state index in [1.165, 1.54) is 0 Å². The van der Waals surface area contributed by atoms with E-state index in [0.29, 0.717) is 11.3 Å². The number of halogens is 1. The van der Waals surface area contributed by atoms with Crippen LogP contribution in [0.15, 0.2) is 41.8 Å². The molecule has 2 aromatic rings. The molecule has 0 spiro atoms. The number of carbonyl (C=O) groups is 1. The number of esters is 1. The van der Waals surface area contributed by atoms with Crippen LogP contribution in [0.25, 0.3) is 10.2 Å². The van der Waals surface area contributed by atoms with Gasteiger partial charge in [0, 0.05) is 10.4 Å². The molecule has 0 N–H and O–H groups in total. The Balaban J connectivity index is 2.19. The summed E-state index contributed by atoms with van der Waals surface area (Å²) in [5, 5.41) is 1.99. The minimum absolute atomic E-state index is 0.288. The minimum Gasteiger partial charge on any atom is -0.421 e. The maximum Gasteiger partial charge on any atom is 0.344 e. The summed E-state index contributed by atoms with van der Waals surface area (Å²) in [6.07, 6.45) is 0. The molecule has 2 heterocycles. The van der Waals surface area contributed by atoms with Gasteiger partial charge in [0.1, 0.15) is 0 Å². The van der Waals surface area contributed by atoms with Gasteiger partial charge in [-0.15, -0.1) is 11.3 Å². The van der Waals surface area contributed by atoms with Crippen LogP contribution in [-0.2, 0) is 4.74 Å². The van der Waals surface area contributed by atoms with Crippen molar-refractivity contribution in [1.82, 2.24) is 0 Å². The lowest BCUT2D eigenvalue weighted by molar-refractivity contribution is 0.0717. The Morgan fingerprint density at radius 3 is 2.59 bits per heavy atom. The Hall–Kier alpha value is -1.39. The van der Waals surface area contributed by atoms with E-state index < -0.39 is 0 Å². The monoisotopic (exact) mass is 306 g/mol. The van der Waals surface area contributed by atoms with Crippen molar-refractivity contribution >= 4 is 43.5 Å². The van der Waals surface area contributed by atoms with Crippen molar-refractivity contribution in [2.45, 2.75) is 0 Å². The van der Waals surface area contributed by atoms with E-state index in [9.17, 15) is 4.79 Å². The Kier molecular flexibility index (Phi) is 2.61. The third kappa shape index (κ3) is 1.73. The molecular weight excluding hydrogens is 300 g/mol. The van der Waals surface area contributed by atoms with E-state index in [4.69, 9.17) is 4.74 Å². The third-order valence-electron chi connectivity index (χ3n) is 2.52. The topological polar surface area (TPSA) is 26.3 Å². The van der Waals surface area contributed by atoms with E-state index in [2.05, 4.69) is 15.9 Å². The Bertz CT molecular complexity index is 614. The van der Waals surface area contributed by atoms with E-state index in [0.717, 1.165) is 14.9 Å². The number of benzene rings is 1. The lowest BCUT2D eigenvalue weighted by Crippen LogP contribution is -1.92. The van der Waals surface area contributed by atoms with Crippen molar-refractivity contribution in [3.05, 3.63) is 57.8 Å². The molecule has 0 atom stereocenters. The van der Waals surface area contributed by atoms with Crippen LogP contribution in [0.5, 0.6) is 0 Å². The first-order valence-corrected chi connectivity index (χ1v) is 6.70. The summed E-state index contributed by atoms with van der Waals surface area (Å²) in [6, 6.07) is 11.3. The average Bonchev–Trinajstić information content (AvgIpc) is 2.97. The van der Waals surface area contributed by atoms with Gasteiger partial charge in [0.25, 0.3) is 0 Å². The first kappa shape index (κ1) is 10.7. The van der Waals surface area contributed by atoms with Gasteiger partial charge >= 0.3 is 5.97 Å². The van der Waals surface area contributed by atoms with Crippen molar-refractivity contribution in [3.63, 3.8) is 0 Å². The summed E-state index contributed by atoms with van der Waals surface area (Å²) in [4.78, 5) is 12.7. The maximum atomic E-state index is 11.7. The third-order valence-corrected chi connectivity index (χ3v) is 4.46. The lowest BCUT2D eigenvalue weighted by Gasteiger charge is -2.01. The SMILES string of the molecule is O=C1O/C(=C(\Br)c2cccs2)c2ccccc21. The van der Waals surface area contributed by atoms with Gasteiger partial charge in [0.15, 0.2) is 5.76 Å². The Labute approximate surface area is 111 Å². The molecule has 0 saturated carbocycles. The second-order valence-electron chi connectivity index (χ2n) is 3.56. The first-order valence-electron chi connectivity index (χ1n) is 5.02. The zero-order valence-electron chi connectivity index (χ0n) is 8.64. The quantitative estimate of drug-likeness (QED) is 0.740. The maximum absolute atomic E-state index is 11.7. The van der Waals surface area contributed by atoms with E-state index in [-0.39, 0.29) is 5.97 Å². The van der Waals surface area contributed by atoms with Crippen LogP contribution in [0.1, 0.15) is 20.8 Å². The number of cyclic esters (lactones) is 1. The van der Waals surface area contributed by atoms with Crippen LogP contribution in [0.4, 0.5) is 0 Å². The fourth-order valence-corrected chi connectivity index (χ4v) is 3.10. The molecule has 17 heavy (non-hydrogen) atoms. The highest BCUT2D eigenvalue weighted by Gasteiger charge is 2.28. The molecule has 0 fully saturated rings. The van der Waals surface area contributed by atoms with Crippen LogP contribution < -0.4 is 0 Å². The zero-order valence-corrected chi connectivity index (χ0v) is 11.0. The van der Waals surface area contributed by atoms with Gasteiger partial charge in [-0.25, -0.2) is 4.79 Å². The highest BCUT2D eigenvalue weighted by molar-refractivity contribution is 9.15. The normalized spacial score (nSPS) is 16.6. The van der Waals surface area contributed by atoms with Crippen LogP contribution in [0, 0.1) is 0 Å². The zero-order chi connectivity index (χ0) is 11.8. The molecular formula is C13H7BrO2S. The Morgan fingerprint density at radius 1 is 1.12 bits per heavy atom. The summed E-state index contributed by atoms with van der Waals surface area (Å²) < 4.78 is 6.14. The summed E-state index contributed by atoms with van der Waals surface area (Å²) in [7, 11) is 0. The van der Waals surface area contributed by atoms with Crippen molar-refractivity contribution in [2.24, 2.45) is 0 Å². The molecule has 1 aromatic carbocycles. The molecule has 1 aromatic heterocycles. The van der Waals surface area contributed by atoms with Crippen LogP contribution in [-0.4, -0.2) is 5.97 Å². The second-order valence-corrected chi connectivity index (χ2v) is 5.30. The van der Waals surface area contributed by atoms with Gasteiger partial charge in [-0.2, -0.15) is 0 Å². The van der Waals surface area contributed by atoms with Crippen molar-refractivity contribution in [1.29, 1.82) is 0 Å². The molecule has 0 saturated heterocycles. The smallest absolute Gasteiger partial charge is 0.344 e. The predicted molar refractivity (Wildman–Crippen MR) is 71.9 cm³/mol. The summed E-state index contributed by atoms with van der Waals surface area (Å²) in [6.45, 7) is 0. The van der Waals surface area contributed by atoms with E-state index in [1.807, 2.05) is 35.7 Å². The summed E-state index contributed by atoms with van der Waals surface area (Å²) >= 11 is 5.10. The van der Waals surface area contributed by atoms with Crippen molar-refractivity contribution < 1.29 is 9.53 Å². The van der Waals surface area contributed by atoms with Crippen molar-refractivity contribution in [3.8, 4) is 0 Å². The molecule has 84 valence electrons. The molecule has 1 aliphatic heterocycles. The molecule has 0 bridgehead atoms. The Morgan fingerprint density at radius 2 is 1.88 bits per heavy atom. The van der Waals surface area contributed by atoms with Crippen LogP contribution >= 0.6 is 27.3 Å². The van der Waals surface area contributed by atoms with Crippen molar-refractivity contribution in [2.75, 3.05) is 0 Å². The number of fused-ring (bicyclic) bond motifs is 1. The van der Waals surface area contributed by atoms with Gasteiger partial charge in [-0.3, -0.25) is 0 Å². The number of hydrogen-bond donors (Lipinski definition) is 0. The first-order chi connectivity index (χ1) is 8.27. The standard InChI is InChI=1S/C13H7BrO2S/c14-11(10-6-3-7-17-10)12-8-4-1-2-5-9(8)13(15)16-12/h1-7H/b12-11-. The highest BCUT2D eigenvalue weighted by Crippen LogP contribution is 2.39. The van der Waals surface area contributed by atoms with Gasteiger partial charge in [0.2, 0.25) is 0 Å². The van der Waals surface area contributed by atoms with E-state index in [1.54, 1.807) is 17.4 Å². The summed E-state index contributed by atoms with van der Waals surface area (Å²) in [5.74, 6) is 0.317. The van der Waals surface area contributed by atoms with Crippen LogP contribution in [0.2, 0.25) is 0 Å². The minimum atomic E-state index is -0.288. The van der Waals surface area contributed by atoms with Gasteiger partial charge in [-0.1, -0.05) is 24.3 Å². The number of thiophene rings is 1. The molecule has 3 rings (SSSR count). The molecule has 4 heteroatoms. The number of hydrogen-bond acceptors (Lipinski definition) is 3. The molecule has 2 nitrogen and oxygen atoms in total. The number of ether oxygens (including phenoxy) is 1. The largest absolute Gasteiger partial charge is 0.421 e. The lowest BCUT2D eigenvalue weighted by atomic mass is 10.1. The molecule has 0 aliphatic carbocycles. The molecule has 0 unspecified atom stereocenters. The molecule has 1 aliphatic rings. The number of rotatable bonds is 1. The van der Waals surface area contributed by atoms with Gasteiger partial charge in [0.05, 0.1) is 10.0 Å². The fourth-order valence-electron chi connectivity index (χ4n) is 1.74. The highest BCUT2D eigenvalue weighted by atomic mass is 79.9. The molecule has 0 radical (unpaired) electrons. The molecule has 0 amide bonds. The fraction of sp³-hybridized carbons (Fsp3) is 0. The van der Waals surface area contributed by atoms with Gasteiger partial charge < -0.3 is 4.74 Å². The van der Waals surface area contributed by atoms with Gasteiger partial charge in [-0.05, 0) is 33.4 Å². The predicted octanol–water partition coefficient (Wildman–Crippen LogP) is 4.14. The number of carbonyl (C=O) groups excluding carboxylic acids is 1. The van der Waals surface area contributed by atoms with E-state index >= 15 is 0 Å². The van der Waals surface area contributed by atoms with Crippen LogP contribution in [0.3, 0.4) is 0 Å². The second kappa shape index (κ2) is 4.13. The average molecular weight is 307 g/mol.